The average molecular weight is 606 g/mol. The van der Waals surface area contributed by atoms with E-state index in [2.05, 4.69) is 10.1 Å². The number of fused-ring (bicyclic) bond motifs is 1. The lowest BCUT2D eigenvalue weighted by Gasteiger charge is -2.33. The summed E-state index contributed by atoms with van der Waals surface area (Å²) < 4.78 is 33.9. The van der Waals surface area contributed by atoms with Gasteiger partial charge in [0.15, 0.2) is 0 Å². The molecule has 0 unspecified atom stereocenters. The van der Waals surface area contributed by atoms with Gasteiger partial charge in [-0.05, 0) is 68.3 Å². The number of thiazole rings is 1. The van der Waals surface area contributed by atoms with Crippen LogP contribution in [0.2, 0.25) is 0 Å². The summed E-state index contributed by atoms with van der Waals surface area (Å²) in [7, 11) is -3.82. The maximum atomic E-state index is 13.7. The Morgan fingerprint density at radius 2 is 1.64 bits per heavy atom. The van der Waals surface area contributed by atoms with Crippen molar-refractivity contribution in [3.63, 3.8) is 0 Å². The first-order valence-electron chi connectivity index (χ1n) is 13.5. The van der Waals surface area contributed by atoms with Crippen LogP contribution in [-0.2, 0) is 14.8 Å². The van der Waals surface area contributed by atoms with E-state index in [0.29, 0.717) is 5.13 Å². The summed E-state index contributed by atoms with van der Waals surface area (Å²) in [6.45, 7) is 6.76. The molecule has 2 amide bonds. The predicted octanol–water partition coefficient (Wildman–Crippen LogP) is 5.06. The van der Waals surface area contributed by atoms with Gasteiger partial charge in [-0.1, -0.05) is 47.2 Å². The fourth-order valence-electron chi connectivity index (χ4n) is 4.44. The molecule has 218 valence electrons. The van der Waals surface area contributed by atoms with E-state index in [1.165, 1.54) is 49.8 Å². The van der Waals surface area contributed by atoms with Crippen LogP contribution in [-0.4, -0.2) is 73.6 Å². The van der Waals surface area contributed by atoms with E-state index in [4.69, 9.17) is 4.74 Å². The summed E-state index contributed by atoms with van der Waals surface area (Å²) in [5.74, 6) is -0.443. The van der Waals surface area contributed by atoms with Crippen molar-refractivity contribution in [1.82, 2.24) is 14.2 Å². The number of piperazine rings is 1. The topological polar surface area (TPSA) is 112 Å². The van der Waals surface area contributed by atoms with Crippen molar-refractivity contribution >= 4 is 54.9 Å². The number of ether oxygens (including phenoxy) is 1. The molecule has 3 aromatic carbocycles. The number of hydrogen-bond donors (Lipinski definition) is 0. The molecule has 1 aromatic heterocycles. The van der Waals surface area contributed by atoms with E-state index in [0.717, 1.165) is 26.9 Å². The summed E-state index contributed by atoms with van der Waals surface area (Å²) in [6, 6.07) is 19.4. The van der Waals surface area contributed by atoms with Gasteiger partial charge in [0.1, 0.15) is 0 Å². The number of aryl methyl sites for hydroxylation is 2. The third-order valence-electron chi connectivity index (χ3n) is 6.81. The van der Waals surface area contributed by atoms with Crippen LogP contribution in [0.15, 0.2) is 76.7 Å². The summed E-state index contributed by atoms with van der Waals surface area (Å²) in [4.78, 5) is 31.9. The van der Waals surface area contributed by atoms with Crippen LogP contribution < -0.4 is 5.01 Å². The van der Waals surface area contributed by atoms with Gasteiger partial charge < -0.3 is 9.64 Å². The van der Waals surface area contributed by atoms with Crippen LogP contribution >= 0.6 is 11.3 Å². The normalized spacial score (nSPS) is 14.4. The van der Waals surface area contributed by atoms with Gasteiger partial charge in [0.05, 0.1) is 27.9 Å². The first-order chi connectivity index (χ1) is 20.2. The highest BCUT2D eigenvalue weighted by Crippen LogP contribution is 2.31. The van der Waals surface area contributed by atoms with E-state index in [1.807, 2.05) is 56.3 Å². The van der Waals surface area contributed by atoms with Crippen molar-refractivity contribution in [2.45, 2.75) is 25.7 Å². The standard InChI is InChI=1S/C30H31N5O5S2/c1-4-40-30(37)33-15-17-34(18-16-33)42(38,39)25-12-10-24(11-13-25)28(36)35(31-20-23-8-5-21(2)6-9-23)29-32-26-14-7-22(3)19-27(26)41-29/h5-14,19-20H,4,15-18H2,1-3H3/b31-20+. The maximum Gasteiger partial charge on any atom is 0.409 e. The van der Waals surface area contributed by atoms with Crippen LogP contribution in [0.3, 0.4) is 0 Å². The second kappa shape index (κ2) is 12.4. The van der Waals surface area contributed by atoms with Crippen molar-refractivity contribution < 1.29 is 22.7 Å². The van der Waals surface area contributed by atoms with Gasteiger partial charge in [0, 0.05) is 31.7 Å². The smallest absolute Gasteiger partial charge is 0.409 e. The Hall–Kier alpha value is -4.13. The molecule has 5 rings (SSSR count). The van der Waals surface area contributed by atoms with E-state index in [9.17, 15) is 18.0 Å². The van der Waals surface area contributed by atoms with Crippen LogP contribution in [0.25, 0.3) is 10.2 Å². The Labute approximate surface area is 248 Å². The SMILES string of the molecule is CCOC(=O)N1CCN(S(=O)(=O)c2ccc(C(=O)N(/N=C/c3ccc(C)cc3)c3nc4ccc(C)cc4s3)cc2)CC1. The van der Waals surface area contributed by atoms with Gasteiger partial charge in [-0.25, -0.2) is 18.2 Å². The number of anilines is 1. The highest BCUT2D eigenvalue weighted by atomic mass is 32.2. The zero-order valence-electron chi connectivity index (χ0n) is 23.6. The Kier molecular flexibility index (Phi) is 8.66. The molecule has 12 heteroatoms. The first-order valence-corrected chi connectivity index (χ1v) is 15.8. The number of carbonyl (C=O) groups excluding carboxylic acids is 2. The van der Waals surface area contributed by atoms with E-state index < -0.39 is 22.0 Å². The number of hydrazone groups is 1. The van der Waals surface area contributed by atoms with E-state index in [1.54, 1.807) is 13.1 Å². The lowest BCUT2D eigenvalue weighted by molar-refractivity contribution is 0.0933. The molecule has 0 bridgehead atoms. The quantitative estimate of drug-likeness (QED) is 0.215. The van der Waals surface area contributed by atoms with Gasteiger partial charge >= 0.3 is 6.09 Å². The zero-order valence-corrected chi connectivity index (χ0v) is 25.2. The van der Waals surface area contributed by atoms with Gasteiger partial charge in [-0.15, -0.1) is 0 Å². The first kappa shape index (κ1) is 29.4. The van der Waals surface area contributed by atoms with E-state index >= 15 is 0 Å². The van der Waals surface area contributed by atoms with Gasteiger partial charge in [-0.2, -0.15) is 14.4 Å². The number of amides is 2. The summed E-state index contributed by atoms with van der Waals surface area (Å²) in [6.07, 6.45) is 1.15. The molecule has 0 spiro atoms. The predicted molar refractivity (Wildman–Crippen MR) is 164 cm³/mol. The van der Waals surface area contributed by atoms with Gasteiger partial charge in [0.25, 0.3) is 5.91 Å². The lowest BCUT2D eigenvalue weighted by atomic mass is 10.2. The fourth-order valence-corrected chi connectivity index (χ4v) is 6.88. The van der Waals surface area contributed by atoms with E-state index in [-0.39, 0.29) is 43.2 Å². The van der Waals surface area contributed by atoms with Gasteiger partial charge in [-0.3, -0.25) is 4.79 Å². The maximum absolute atomic E-state index is 13.7. The molecule has 0 radical (unpaired) electrons. The summed E-state index contributed by atoms with van der Waals surface area (Å²) in [5, 5.41) is 6.16. The van der Waals surface area contributed by atoms with Crippen molar-refractivity contribution in [3.05, 3.63) is 89.0 Å². The van der Waals surface area contributed by atoms with Crippen molar-refractivity contribution in [1.29, 1.82) is 0 Å². The highest BCUT2D eigenvalue weighted by Gasteiger charge is 2.31. The third-order valence-corrected chi connectivity index (χ3v) is 9.72. The minimum Gasteiger partial charge on any atom is -0.450 e. The Bertz CT molecular complexity index is 1730. The lowest BCUT2D eigenvalue weighted by Crippen LogP contribution is -2.50. The molecule has 0 saturated carbocycles. The summed E-state index contributed by atoms with van der Waals surface area (Å²) >= 11 is 1.35. The average Bonchev–Trinajstić information content (AvgIpc) is 3.41. The molecule has 2 heterocycles. The fraction of sp³-hybridized carbons (Fsp3) is 0.267. The molecule has 0 N–H and O–H groups in total. The van der Waals surface area contributed by atoms with Crippen LogP contribution in [0.5, 0.6) is 0 Å². The Morgan fingerprint density at radius 1 is 0.976 bits per heavy atom. The molecule has 1 aliphatic heterocycles. The largest absolute Gasteiger partial charge is 0.450 e. The second-order valence-electron chi connectivity index (χ2n) is 9.85. The number of sulfonamides is 1. The number of rotatable bonds is 7. The molecule has 1 aliphatic rings. The van der Waals surface area contributed by atoms with Crippen LogP contribution in [0.1, 0.15) is 34.0 Å². The number of nitrogens with zero attached hydrogens (tertiary/aromatic N) is 5. The van der Waals surface area contributed by atoms with Crippen molar-refractivity contribution in [3.8, 4) is 0 Å². The van der Waals surface area contributed by atoms with Crippen molar-refractivity contribution in [2.75, 3.05) is 37.8 Å². The number of hydrogen-bond acceptors (Lipinski definition) is 8. The van der Waals surface area contributed by atoms with Crippen molar-refractivity contribution in [2.24, 2.45) is 5.10 Å². The molecular weight excluding hydrogens is 574 g/mol. The number of aromatic nitrogens is 1. The highest BCUT2D eigenvalue weighted by molar-refractivity contribution is 7.89. The number of benzene rings is 3. The number of carbonyl (C=O) groups is 2. The molecule has 4 aromatic rings. The van der Waals surface area contributed by atoms with Crippen LogP contribution in [0.4, 0.5) is 9.93 Å². The minimum absolute atomic E-state index is 0.0637. The molecule has 0 aliphatic carbocycles. The second-order valence-corrected chi connectivity index (χ2v) is 12.8. The van der Waals surface area contributed by atoms with Crippen LogP contribution in [0, 0.1) is 13.8 Å². The third kappa shape index (κ3) is 6.35. The molecule has 1 fully saturated rings. The molecular formula is C30H31N5O5S2. The molecule has 10 nitrogen and oxygen atoms in total. The monoisotopic (exact) mass is 605 g/mol. The minimum atomic E-state index is -3.82. The summed E-state index contributed by atoms with van der Waals surface area (Å²) in [5.41, 5.74) is 4.03. The molecule has 0 atom stereocenters. The molecule has 42 heavy (non-hydrogen) atoms. The Morgan fingerprint density at radius 3 is 2.31 bits per heavy atom. The molecule has 1 saturated heterocycles. The Balaban J connectivity index is 1.38. The zero-order chi connectivity index (χ0) is 29.9. The van der Waals surface area contributed by atoms with Gasteiger partial charge in [0.2, 0.25) is 15.2 Å².